The van der Waals surface area contributed by atoms with Crippen LogP contribution in [-0.2, 0) is 0 Å². The Morgan fingerprint density at radius 2 is 1.90 bits per heavy atom. The molecule has 0 atom stereocenters. The Bertz CT molecular complexity index is 734. The molecule has 0 unspecified atom stereocenters. The lowest BCUT2D eigenvalue weighted by atomic mass is 10.1. The maximum absolute atomic E-state index is 13.6. The van der Waals surface area contributed by atoms with E-state index in [0.29, 0.717) is 6.07 Å². The van der Waals surface area contributed by atoms with Gasteiger partial charge in [-0.25, -0.2) is 13.8 Å². The molecule has 0 spiro atoms. The van der Waals surface area contributed by atoms with Crippen LogP contribution >= 0.6 is 0 Å². The lowest BCUT2D eigenvalue weighted by molar-refractivity contribution is 0.0992. The van der Waals surface area contributed by atoms with E-state index < -0.39 is 34.7 Å². The van der Waals surface area contributed by atoms with Crippen LogP contribution in [0.5, 0.6) is 0 Å². The Morgan fingerprint density at radius 3 is 2.52 bits per heavy atom. The summed E-state index contributed by atoms with van der Waals surface area (Å²) in [5, 5.41) is 2.16. The Kier molecular flexibility index (Phi) is 3.79. The van der Waals surface area contributed by atoms with Crippen LogP contribution in [0, 0.1) is 11.6 Å². The number of carbonyl (C=O) groups is 2. The number of primary amides is 1. The number of amides is 2. The first-order valence-electron chi connectivity index (χ1n) is 5.71. The molecule has 0 aliphatic rings. The van der Waals surface area contributed by atoms with Gasteiger partial charge in [0.2, 0.25) is 0 Å². The van der Waals surface area contributed by atoms with Gasteiger partial charge in [0.05, 0.1) is 16.9 Å². The lowest BCUT2D eigenvalue weighted by Gasteiger charge is -2.09. The summed E-state index contributed by atoms with van der Waals surface area (Å²) >= 11 is 0. The quantitative estimate of drug-likeness (QED) is 0.791. The van der Waals surface area contributed by atoms with Crippen molar-refractivity contribution in [2.24, 2.45) is 5.73 Å². The van der Waals surface area contributed by atoms with Gasteiger partial charge in [0.1, 0.15) is 11.6 Å². The number of nitrogens with zero attached hydrogens (tertiary/aromatic N) is 1. The van der Waals surface area contributed by atoms with Crippen LogP contribution < -0.4 is 16.8 Å². The van der Waals surface area contributed by atoms with Crippen molar-refractivity contribution >= 4 is 23.2 Å². The molecule has 0 saturated carbocycles. The van der Waals surface area contributed by atoms with Crippen molar-refractivity contribution in [2.75, 3.05) is 11.1 Å². The third-order valence-corrected chi connectivity index (χ3v) is 2.62. The second-order valence-corrected chi connectivity index (χ2v) is 4.07. The molecule has 8 heteroatoms. The van der Waals surface area contributed by atoms with Crippen molar-refractivity contribution in [1.82, 2.24) is 4.98 Å². The summed E-state index contributed by atoms with van der Waals surface area (Å²) in [6, 6.07) is 4.23. The molecule has 0 bridgehead atoms. The van der Waals surface area contributed by atoms with Gasteiger partial charge in [-0.2, -0.15) is 0 Å². The predicted molar refractivity (Wildman–Crippen MR) is 71.5 cm³/mol. The first-order chi connectivity index (χ1) is 9.90. The minimum Gasteiger partial charge on any atom is -0.397 e. The minimum absolute atomic E-state index is 0.0904. The number of pyridine rings is 1. The Balaban J connectivity index is 2.36. The van der Waals surface area contributed by atoms with Gasteiger partial charge in [-0.05, 0) is 18.2 Å². The summed E-state index contributed by atoms with van der Waals surface area (Å²) in [6.07, 6.45) is 1.33. The summed E-state index contributed by atoms with van der Waals surface area (Å²) in [5.74, 6) is -4.05. The fourth-order valence-corrected chi connectivity index (χ4v) is 1.62. The van der Waals surface area contributed by atoms with E-state index in [4.69, 9.17) is 11.5 Å². The number of halogens is 2. The molecular formula is C13H10F2N4O2. The molecule has 5 N–H and O–H groups in total. The van der Waals surface area contributed by atoms with Crippen molar-refractivity contribution < 1.29 is 18.4 Å². The van der Waals surface area contributed by atoms with Crippen molar-refractivity contribution in [3.63, 3.8) is 0 Å². The number of hydrogen-bond acceptors (Lipinski definition) is 4. The molecule has 1 aromatic carbocycles. The molecule has 6 nitrogen and oxygen atoms in total. The lowest BCUT2D eigenvalue weighted by Crippen LogP contribution is -2.19. The summed E-state index contributed by atoms with van der Waals surface area (Å²) < 4.78 is 26.9. The molecule has 0 aliphatic carbocycles. The van der Waals surface area contributed by atoms with Gasteiger partial charge < -0.3 is 16.8 Å². The SMILES string of the molecule is NC(=O)c1cc(NC(=O)c2ncccc2N)c(F)cc1F. The molecule has 2 amide bonds. The summed E-state index contributed by atoms with van der Waals surface area (Å²) in [7, 11) is 0. The fourth-order valence-electron chi connectivity index (χ4n) is 1.62. The van der Waals surface area contributed by atoms with Gasteiger partial charge in [-0.3, -0.25) is 9.59 Å². The van der Waals surface area contributed by atoms with Gasteiger partial charge in [0.25, 0.3) is 11.8 Å². The molecule has 21 heavy (non-hydrogen) atoms. The molecule has 2 aromatic rings. The number of anilines is 2. The van der Waals surface area contributed by atoms with Crippen molar-refractivity contribution in [2.45, 2.75) is 0 Å². The van der Waals surface area contributed by atoms with E-state index >= 15 is 0 Å². The molecule has 0 radical (unpaired) electrons. The van der Waals surface area contributed by atoms with Crippen molar-refractivity contribution in [1.29, 1.82) is 0 Å². The number of nitrogen functional groups attached to an aromatic ring is 1. The molecule has 2 rings (SSSR count). The molecule has 0 fully saturated rings. The normalized spacial score (nSPS) is 10.2. The largest absolute Gasteiger partial charge is 0.397 e. The number of aromatic nitrogens is 1. The number of nitrogens with two attached hydrogens (primary N) is 2. The number of rotatable bonds is 3. The number of benzene rings is 1. The monoisotopic (exact) mass is 292 g/mol. The molecular weight excluding hydrogens is 282 g/mol. The molecule has 1 aromatic heterocycles. The Labute approximate surface area is 117 Å². The van der Waals surface area contributed by atoms with Crippen LogP contribution in [0.25, 0.3) is 0 Å². The van der Waals surface area contributed by atoms with Crippen LogP contribution in [-0.4, -0.2) is 16.8 Å². The van der Waals surface area contributed by atoms with E-state index in [-0.39, 0.29) is 11.4 Å². The maximum Gasteiger partial charge on any atom is 0.276 e. The van der Waals surface area contributed by atoms with Gasteiger partial charge in [-0.1, -0.05) is 0 Å². The van der Waals surface area contributed by atoms with E-state index in [0.717, 1.165) is 6.07 Å². The highest BCUT2D eigenvalue weighted by molar-refractivity contribution is 6.06. The van der Waals surface area contributed by atoms with E-state index in [1.54, 1.807) is 0 Å². The van der Waals surface area contributed by atoms with Gasteiger partial charge >= 0.3 is 0 Å². The van der Waals surface area contributed by atoms with Crippen LogP contribution in [0.4, 0.5) is 20.2 Å². The summed E-state index contributed by atoms with van der Waals surface area (Å²) in [6.45, 7) is 0. The first-order valence-corrected chi connectivity index (χ1v) is 5.71. The third kappa shape index (κ3) is 2.94. The summed E-state index contributed by atoms with van der Waals surface area (Å²) in [5.41, 5.74) is 9.54. The highest BCUT2D eigenvalue weighted by atomic mass is 19.1. The van der Waals surface area contributed by atoms with Crippen LogP contribution in [0.1, 0.15) is 20.8 Å². The zero-order valence-electron chi connectivity index (χ0n) is 10.6. The Morgan fingerprint density at radius 1 is 1.19 bits per heavy atom. The summed E-state index contributed by atoms with van der Waals surface area (Å²) in [4.78, 5) is 26.7. The average molecular weight is 292 g/mol. The first kappa shape index (κ1) is 14.4. The standard InChI is InChI=1S/C13H10F2N4O2/c14-7-5-8(15)10(4-6(7)12(17)20)19-13(21)11-9(16)2-1-3-18-11/h1-5H,16H2,(H2,17,20)(H,19,21). The van der Waals surface area contributed by atoms with Gasteiger partial charge in [-0.15, -0.1) is 0 Å². The number of hydrogen-bond donors (Lipinski definition) is 3. The van der Waals surface area contributed by atoms with E-state index in [2.05, 4.69) is 10.3 Å². The van der Waals surface area contributed by atoms with Crippen LogP contribution in [0.15, 0.2) is 30.5 Å². The van der Waals surface area contributed by atoms with Crippen LogP contribution in [0.3, 0.4) is 0 Å². The Hall–Kier alpha value is -3.03. The smallest absolute Gasteiger partial charge is 0.276 e. The minimum atomic E-state index is -1.12. The van der Waals surface area contributed by atoms with Crippen molar-refractivity contribution in [3.05, 3.63) is 53.4 Å². The van der Waals surface area contributed by atoms with Crippen LogP contribution in [0.2, 0.25) is 0 Å². The molecule has 0 saturated heterocycles. The fraction of sp³-hybridized carbons (Fsp3) is 0. The van der Waals surface area contributed by atoms with E-state index in [9.17, 15) is 18.4 Å². The second-order valence-electron chi connectivity index (χ2n) is 4.07. The van der Waals surface area contributed by atoms with Crippen molar-refractivity contribution in [3.8, 4) is 0 Å². The zero-order valence-corrected chi connectivity index (χ0v) is 10.6. The molecule has 1 heterocycles. The maximum atomic E-state index is 13.6. The number of nitrogens with one attached hydrogen (secondary N) is 1. The van der Waals surface area contributed by atoms with E-state index in [1.165, 1.54) is 18.3 Å². The highest BCUT2D eigenvalue weighted by Gasteiger charge is 2.17. The third-order valence-electron chi connectivity index (χ3n) is 2.62. The van der Waals surface area contributed by atoms with Gasteiger partial charge in [0, 0.05) is 12.3 Å². The molecule has 0 aliphatic heterocycles. The average Bonchev–Trinajstić information content (AvgIpc) is 2.41. The second kappa shape index (κ2) is 5.53. The van der Waals surface area contributed by atoms with E-state index in [1.807, 2.05) is 0 Å². The highest BCUT2D eigenvalue weighted by Crippen LogP contribution is 2.20. The predicted octanol–water partition coefficient (Wildman–Crippen LogP) is 1.29. The molecule has 108 valence electrons. The number of carbonyl (C=O) groups excluding carboxylic acids is 2. The topological polar surface area (TPSA) is 111 Å². The zero-order chi connectivity index (χ0) is 15.6. The van der Waals surface area contributed by atoms with Gasteiger partial charge in [0.15, 0.2) is 5.69 Å².